The van der Waals surface area contributed by atoms with Gasteiger partial charge in [-0.15, -0.1) is 0 Å². The highest BCUT2D eigenvalue weighted by Crippen LogP contribution is 2.22. The van der Waals surface area contributed by atoms with Gasteiger partial charge in [-0.1, -0.05) is 12.1 Å². The number of carbonyl (C=O) groups is 1. The van der Waals surface area contributed by atoms with E-state index in [2.05, 4.69) is 5.32 Å². The van der Waals surface area contributed by atoms with Crippen LogP contribution in [0.1, 0.15) is 25.3 Å². The third-order valence-corrected chi connectivity index (χ3v) is 5.11. The van der Waals surface area contributed by atoms with Crippen molar-refractivity contribution >= 4 is 21.6 Å². The second-order valence-electron chi connectivity index (χ2n) is 5.95. The van der Waals surface area contributed by atoms with Gasteiger partial charge in [-0.25, -0.2) is 8.42 Å². The summed E-state index contributed by atoms with van der Waals surface area (Å²) in [5.74, 6) is -0.326. The summed E-state index contributed by atoms with van der Waals surface area (Å²) < 4.78 is 31.0. The number of ether oxygens (including phenoxy) is 1. The van der Waals surface area contributed by atoms with E-state index in [9.17, 15) is 13.2 Å². The maximum Gasteiger partial charge on any atom is 0.243 e. The number of nitrogens with one attached hydrogen (secondary N) is 1. The van der Waals surface area contributed by atoms with Crippen molar-refractivity contribution in [2.75, 3.05) is 23.7 Å². The van der Waals surface area contributed by atoms with Crippen molar-refractivity contribution in [2.24, 2.45) is 0 Å². The van der Waals surface area contributed by atoms with Crippen molar-refractivity contribution in [1.29, 1.82) is 0 Å². The predicted octanol–water partition coefficient (Wildman–Crippen LogP) is 1.44. The average Bonchev–Trinajstić information content (AvgIpc) is 2.96. The fraction of sp³-hybridized carbons (Fsp3) is 0.562. The van der Waals surface area contributed by atoms with Crippen molar-refractivity contribution in [1.82, 2.24) is 5.32 Å². The summed E-state index contributed by atoms with van der Waals surface area (Å²) in [5, 5.41) is 2.79. The summed E-state index contributed by atoms with van der Waals surface area (Å²) in [6.07, 6.45) is 3.05. The van der Waals surface area contributed by atoms with Gasteiger partial charge in [0.1, 0.15) is 6.04 Å². The largest absolute Gasteiger partial charge is 0.376 e. The average molecular weight is 340 g/mol. The number of hydrogen-bond acceptors (Lipinski definition) is 4. The monoisotopic (exact) mass is 340 g/mol. The molecule has 1 fully saturated rings. The van der Waals surface area contributed by atoms with E-state index in [-0.39, 0.29) is 12.0 Å². The molecule has 128 valence electrons. The number of amides is 1. The summed E-state index contributed by atoms with van der Waals surface area (Å²) in [6, 6.07) is 6.28. The van der Waals surface area contributed by atoms with E-state index in [0.717, 1.165) is 35.6 Å². The lowest BCUT2D eigenvalue weighted by Crippen LogP contribution is -2.49. The van der Waals surface area contributed by atoms with E-state index in [1.807, 2.05) is 13.0 Å². The number of carbonyl (C=O) groups excluding carboxylic acids is 1. The SMILES string of the molecule is Cc1cccc(N([C@H](C)C(=O)NC[C@H]2CCCO2)S(C)(=O)=O)c1. The topological polar surface area (TPSA) is 75.7 Å². The highest BCUT2D eigenvalue weighted by Gasteiger charge is 2.29. The minimum atomic E-state index is -3.58. The number of anilines is 1. The lowest BCUT2D eigenvalue weighted by Gasteiger charge is -2.28. The molecule has 1 saturated heterocycles. The third-order valence-electron chi connectivity index (χ3n) is 3.87. The lowest BCUT2D eigenvalue weighted by atomic mass is 10.2. The molecule has 1 aromatic carbocycles. The first kappa shape index (κ1) is 17.7. The fourth-order valence-electron chi connectivity index (χ4n) is 2.74. The normalized spacial score (nSPS) is 19.3. The molecule has 0 unspecified atom stereocenters. The molecule has 0 radical (unpaired) electrons. The van der Waals surface area contributed by atoms with Gasteiger partial charge in [-0.2, -0.15) is 0 Å². The Morgan fingerprint density at radius 2 is 2.22 bits per heavy atom. The molecule has 23 heavy (non-hydrogen) atoms. The van der Waals surface area contributed by atoms with Crippen LogP contribution in [0.3, 0.4) is 0 Å². The summed E-state index contributed by atoms with van der Waals surface area (Å²) in [6.45, 7) is 4.60. The number of aryl methyl sites for hydroxylation is 1. The summed E-state index contributed by atoms with van der Waals surface area (Å²) in [4.78, 5) is 12.4. The number of hydrogen-bond donors (Lipinski definition) is 1. The second-order valence-corrected chi connectivity index (χ2v) is 7.81. The van der Waals surface area contributed by atoms with Crippen molar-refractivity contribution in [3.8, 4) is 0 Å². The molecular weight excluding hydrogens is 316 g/mol. The van der Waals surface area contributed by atoms with Crippen LogP contribution in [0, 0.1) is 6.92 Å². The summed E-state index contributed by atoms with van der Waals surface area (Å²) in [5.41, 5.74) is 1.43. The van der Waals surface area contributed by atoms with Gasteiger partial charge in [0.15, 0.2) is 0 Å². The first-order valence-electron chi connectivity index (χ1n) is 7.74. The van der Waals surface area contributed by atoms with Crippen LogP contribution in [-0.2, 0) is 19.6 Å². The third kappa shape index (κ3) is 4.68. The molecule has 1 amide bonds. The molecule has 2 atom stereocenters. The van der Waals surface area contributed by atoms with Gasteiger partial charge in [0.05, 0.1) is 18.0 Å². The Kier molecular flexibility index (Phi) is 5.64. The van der Waals surface area contributed by atoms with Gasteiger partial charge >= 0.3 is 0 Å². The van der Waals surface area contributed by atoms with E-state index in [4.69, 9.17) is 4.74 Å². The Hall–Kier alpha value is -1.60. The first-order chi connectivity index (χ1) is 10.8. The molecular formula is C16H24N2O4S. The smallest absolute Gasteiger partial charge is 0.243 e. The summed E-state index contributed by atoms with van der Waals surface area (Å²) in [7, 11) is -3.58. The van der Waals surface area contributed by atoms with Crippen LogP contribution >= 0.6 is 0 Å². The second kappa shape index (κ2) is 7.31. The fourth-order valence-corrected chi connectivity index (χ4v) is 3.91. The molecule has 1 aliphatic heterocycles. The van der Waals surface area contributed by atoms with Gasteiger partial charge in [-0.05, 0) is 44.4 Å². The Labute approximate surface area is 137 Å². The van der Waals surface area contributed by atoms with Crippen molar-refractivity contribution in [3.05, 3.63) is 29.8 Å². The van der Waals surface area contributed by atoms with Crippen LogP contribution < -0.4 is 9.62 Å². The molecule has 6 nitrogen and oxygen atoms in total. The van der Waals surface area contributed by atoms with Crippen molar-refractivity contribution in [3.63, 3.8) is 0 Å². The van der Waals surface area contributed by atoms with E-state index in [1.165, 1.54) is 0 Å². The van der Waals surface area contributed by atoms with Crippen molar-refractivity contribution in [2.45, 2.75) is 38.8 Å². The minimum Gasteiger partial charge on any atom is -0.376 e. The Bertz CT molecular complexity index is 654. The Balaban J connectivity index is 2.13. The van der Waals surface area contributed by atoms with Crippen molar-refractivity contribution < 1.29 is 17.9 Å². The zero-order valence-corrected chi connectivity index (χ0v) is 14.6. The molecule has 7 heteroatoms. The van der Waals surface area contributed by atoms with Gasteiger partial charge in [0, 0.05) is 13.2 Å². The van der Waals surface area contributed by atoms with Crippen LogP contribution in [0.4, 0.5) is 5.69 Å². The lowest BCUT2D eigenvalue weighted by molar-refractivity contribution is -0.122. The molecule has 0 spiro atoms. The number of benzene rings is 1. The van der Waals surface area contributed by atoms with E-state index >= 15 is 0 Å². The Morgan fingerprint density at radius 3 is 2.78 bits per heavy atom. The van der Waals surface area contributed by atoms with Gasteiger partial charge in [-0.3, -0.25) is 9.10 Å². The Morgan fingerprint density at radius 1 is 1.48 bits per heavy atom. The van der Waals surface area contributed by atoms with Gasteiger partial charge in [0.2, 0.25) is 15.9 Å². The van der Waals surface area contributed by atoms with Crippen LogP contribution in [0.5, 0.6) is 0 Å². The van der Waals surface area contributed by atoms with Crippen LogP contribution in [-0.4, -0.2) is 45.9 Å². The van der Waals surface area contributed by atoms with Crippen LogP contribution in [0.25, 0.3) is 0 Å². The minimum absolute atomic E-state index is 0.0248. The highest BCUT2D eigenvalue weighted by atomic mass is 32.2. The molecule has 1 N–H and O–H groups in total. The zero-order chi connectivity index (χ0) is 17.0. The quantitative estimate of drug-likeness (QED) is 0.850. The number of sulfonamides is 1. The van der Waals surface area contributed by atoms with E-state index in [0.29, 0.717) is 12.2 Å². The molecule has 1 aliphatic rings. The molecule has 2 rings (SSSR count). The van der Waals surface area contributed by atoms with E-state index in [1.54, 1.807) is 25.1 Å². The molecule has 0 bridgehead atoms. The number of rotatable bonds is 6. The maximum absolute atomic E-state index is 12.4. The molecule has 1 heterocycles. The van der Waals surface area contributed by atoms with Gasteiger partial charge < -0.3 is 10.1 Å². The predicted molar refractivity (Wildman–Crippen MR) is 89.9 cm³/mol. The summed E-state index contributed by atoms with van der Waals surface area (Å²) >= 11 is 0. The van der Waals surface area contributed by atoms with Crippen LogP contribution in [0.2, 0.25) is 0 Å². The standard InChI is InChI=1S/C16H24N2O4S/c1-12-6-4-7-14(10-12)18(23(3,20)21)13(2)16(19)17-11-15-8-5-9-22-15/h4,6-7,10,13,15H,5,8-9,11H2,1-3H3,(H,17,19)/t13-,15-/m1/s1. The molecule has 0 aliphatic carbocycles. The van der Waals surface area contributed by atoms with E-state index < -0.39 is 16.1 Å². The molecule has 1 aromatic rings. The maximum atomic E-state index is 12.4. The van der Waals surface area contributed by atoms with Crippen LogP contribution in [0.15, 0.2) is 24.3 Å². The first-order valence-corrected chi connectivity index (χ1v) is 9.59. The molecule has 0 saturated carbocycles. The zero-order valence-electron chi connectivity index (χ0n) is 13.8. The highest BCUT2D eigenvalue weighted by molar-refractivity contribution is 7.92. The number of nitrogens with zero attached hydrogens (tertiary/aromatic N) is 1. The molecule has 0 aromatic heterocycles. The van der Waals surface area contributed by atoms with Gasteiger partial charge in [0.25, 0.3) is 0 Å².